The number of nitrogens with one attached hydrogen (secondary N) is 1. The molecule has 1 saturated heterocycles. The van der Waals surface area contributed by atoms with Crippen LogP contribution in [0, 0.1) is 0 Å². The number of piperazine rings is 1. The van der Waals surface area contributed by atoms with E-state index in [9.17, 15) is 14.7 Å². The van der Waals surface area contributed by atoms with E-state index >= 15 is 0 Å². The molecule has 3 heterocycles. The molecule has 1 aromatic carbocycles. The molecule has 0 atom stereocenters. The second-order valence-electron chi connectivity index (χ2n) is 6.43. The Hall–Kier alpha value is -3.23. The first-order chi connectivity index (χ1) is 12.5. The van der Waals surface area contributed by atoms with Gasteiger partial charge in [-0.05, 0) is 12.1 Å². The predicted octanol–water partition coefficient (Wildman–Crippen LogP) is -0.00750. The lowest BCUT2D eigenvalue weighted by molar-refractivity contribution is 0.472. The lowest BCUT2D eigenvalue weighted by atomic mass is 10.2. The van der Waals surface area contributed by atoms with E-state index in [0.717, 1.165) is 10.3 Å². The number of rotatable bonds is 2. The number of aromatic nitrogens is 4. The van der Waals surface area contributed by atoms with E-state index < -0.39 is 5.69 Å². The Labute approximate surface area is 148 Å². The predicted molar refractivity (Wildman–Crippen MR) is 99.1 cm³/mol. The molecule has 1 aliphatic rings. The number of hydrogen-bond donors (Lipinski definition) is 2. The van der Waals surface area contributed by atoms with Crippen LogP contribution in [0.2, 0.25) is 0 Å². The first-order valence-electron chi connectivity index (χ1n) is 8.41. The maximum Gasteiger partial charge on any atom is 0.332 e. The van der Waals surface area contributed by atoms with Crippen LogP contribution in [0.3, 0.4) is 0 Å². The zero-order valence-corrected chi connectivity index (χ0v) is 14.6. The summed E-state index contributed by atoms with van der Waals surface area (Å²) in [7, 11) is 3.06. The van der Waals surface area contributed by atoms with Crippen LogP contribution in [-0.2, 0) is 14.1 Å². The normalized spacial score (nSPS) is 15.0. The average molecular weight is 356 g/mol. The first kappa shape index (κ1) is 16.2. The van der Waals surface area contributed by atoms with Crippen molar-refractivity contribution >= 4 is 22.8 Å². The van der Waals surface area contributed by atoms with Crippen LogP contribution in [0.25, 0.3) is 11.2 Å². The fourth-order valence-electron chi connectivity index (χ4n) is 3.35. The summed E-state index contributed by atoms with van der Waals surface area (Å²) in [5.74, 6) is 0.846. The van der Waals surface area contributed by atoms with E-state index in [1.54, 1.807) is 19.2 Å². The van der Waals surface area contributed by atoms with Crippen LogP contribution < -0.4 is 21.0 Å². The minimum absolute atomic E-state index is 0.267. The van der Waals surface area contributed by atoms with Gasteiger partial charge < -0.3 is 19.9 Å². The summed E-state index contributed by atoms with van der Waals surface area (Å²) >= 11 is 0. The number of nitrogens with zero attached hydrogens (tertiary/aromatic N) is 5. The molecule has 9 nitrogen and oxygen atoms in total. The zero-order chi connectivity index (χ0) is 18.4. The molecule has 2 N–H and O–H groups in total. The number of aromatic amines is 1. The topological polar surface area (TPSA) is 99.4 Å². The lowest BCUT2D eigenvalue weighted by Crippen LogP contribution is -2.47. The van der Waals surface area contributed by atoms with Crippen molar-refractivity contribution in [1.82, 2.24) is 19.1 Å². The SMILES string of the molecule is Cn1c(=O)c2[nH]c(N3CCN(c4ccccc4O)CC3)nc2n(C)c1=O. The molecular formula is C17H20N6O3. The molecule has 9 heteroatoms. The standard InChI is InChI=1S/C17H20N6O3/c1-20-14-13(15(25)21(2)17(20)26)18-16(19-14)23-9-7-22(8-10-23)11-5-3-4-6-12(11)24/h3-6,24H,7-10H2,1-2H3,(H,18,19). The molecule has 2 aromatic heterocycles. The lowest BCUT2D eigenvalue weighted by Gasteiger charge is -2.36. The van der Waals surface area contributed by atoms with Crippen LogP contribution in [0.5, 0.6) is 5.75 Å². The van der Waals surface area contributed by atoms with Gasteiger partial charge in [0.1, 0.15) is 5.75 Å². The molecule has 0 bridgehead atoms. The first-order valence-corrected chi connectivity index (χ1v) is 8.41. The highest BCUT2D eigenvalue weighted by Crippen LogP contribution is 2.27. The number of phenols is 1. The van der Waals surface area contributed by atoms with Crippen molar-refractivity contribution < 1.29 is 5.11 Å². The highest BCUT2D eigenvalue weighted by atomic mass is 16.3. The maximum absolute atomic E-state index is 12.3. The monoisotopic (exact) mass is 356 g/mol. The van der Waals surface area contributed by atoms with E-state index in [1.165, 1.54) is 11.6 Å². The molecule has 0 amide bonds. The van der Waals surface area contributed by atoms with E-state index in [-0.39, 0.29) is 11.3 Å². The second-order valence-corrected chi connectivity index (χ2v) is 6.43. The van der Waals surface area contributed by atoms with Gasteiger partial charge >= 0.3 is 5.69 Å². The van der Waals surface area contributed by atoms with Crippen molar-refractivity contribution in [2.24, 2.45) is 14.1 Å². The van der Waals surface area contributed by atoms with E-state index in [0.29, 0.717) is 43.3 Å². The zero-order valence-electron chi connectivity index (χ0n) is 14.6. The fraction of sp³-hybridized carbons (Fsp3) is 0.353. The largest absolute Gasteiger partial charge is 0.506 e. The highest BCUT2D eigenvalue weighted by molar-refractivity contribution is 5.73. The molecule has 1 aliphatic heterocycles. The van der Waals surface area contributed by atoms with Gasteiger partial charge in [0, 0.05) is 40.3 Å². The molecule has 3 aromatic rings. The molecule has 0 unspecified atom stereocenters. The summed E-state index contributed by atoms with van der Waals surface area (Å²) in [6.45, 7) is 2.79. The number of hydrogen-bond acceptors (Lipinski definition) is 6. The summed E-state index contributed by atoms with van der Waals surface area (Å²) in [5.41, 5.74) is 0.719. The Balaban J connectivity index is 1.62. The molecule has 1 fully saturated rings. The number of H-pyrrole nitrogens is 1. The molecule has 0 radical (unpaired) electrons. The van der Waals surface area contributed by atoms with E-state index in [4.69, 9.17) is 0 Å². The van der Waals surface area contributed by atoms with Crippen LogP contribution in [0.1, 0.15) is 0 Å². The summed E-state index contributed by atoms with van der Waals surface area (Å²) in [4.78, 5) is 36.0. The number of aromatic hydroxyl groups is 1. The summed E-state index contributed by atoms with van der Waals surface area (Å²) in [5, 5.41) is 10.0. The molecule has 4 rings (SSSR count). The number of para-hydroxylation sites is 2. The smallest absolute Gasteiger partial charge is 0.332 e. The summed E-state index contributed by atoms with van der Waals surface area (Å²) in [6.07, 6.45) is 0. The number of anilines is 2. The molecule has 0 aliphatic carbocycles. The van der Waals surface area contributed by atoms with Crippen molar-refractivity contribution in [3.63, 3.8) is 0 Å². The van der Waals surface area contributed by atoms with Crippen LogP contribution in [0.4, 0.5) is 11.6 Å². The van der Waals surface area contributed by atoms with Crippen LogP contribution in [0.15, 0.2) is 33.9 Å². The molecule has 136 valence electrons. The van der Waals surface area contributed by atoms with Gasteiger partial charge in [-0.2, -0.15) is 4.98 Å². The molecule has 0 saturated carbocycles. The Bertz CT molecular complexity index is 1090. The van der Waals surface area contributed by atoms with Crippen molar-refractivity contribution in [1.29, 1.82) is 0 Å². The number of benzene rings is 1. The Morgan fingerprint density at radius 2 is 1.65 bits per heavy atom. The molecular weight excluding hydrogens is 336 g/mol. The number of imidazole rings is 1. The summed E-state index contributed by atoms with van der Waals surface area (Å²) < 4.78 is 2.44. The molecule has 26 heavy (non-hydrogen) atoms. The minimum atomic E-state index is -0.398. The Morgan fingerprint density at radius 1 is 1.00 bits per heavy atom. The Kier molecular flexibility index (Phi) is 3.71. The third kappa shape index (κ3) is 2.43. The quantitative estimate of drug-likeness (QED) is 0.670. The van der Waals surface area contributed by atoms with E-state index in [2.05, 4.69) is 14.9 Å². The third-order valence-electron chi connectivity index (χ3n) is 4.88. The van der Waals surface area contributed by atoms with Crippen molar-refractivity contribution in [3.8, 4) is 5.75 Å². The van der Waals surface area contributed by atoms with Crippen molar-refractivity contribution in [2.75, 3.05) is 36.0 Å². The van der Waals surface area contributed by atoms with Gasteiger partial charge in [0.15, 0.2) is 11.2 Å². The van der Waals surface area contributed by atoms with Gasteiger partial charge in [0.25, 0.3) is 5.56 Å². The van der Waals surface area contributed by atoms with Gasteiger partial charge in [-0.25, -0.2) is 4.79 Å². The fourth-order valence-corrected chi connectivity index (χ4v) is 3.35. The Morgan fingerprint density at radius 3 is 2.35 bits per heavy atom. The summed E-state index contributed by atoms with van der Waals surface area (Å²) in [6, 6.07) is 7.27. The van der Waals surface area contributed by atoms with Crippen LogP contribution >= 0.6 is 0 Å². The van der Waals surface area contributed by atoms with Gasteiger partial charge in [-0.15, -0.1) is 0 Å². The number of phenolic OH excluding ortho intramolecular Hbond substituents is 1. The maximum atomic E-state index is 12.3. The van der Waals surface area contributed by atoms with Gasteiger partial charge in [0.2, 0.25) is 5.95 Å². The minimum Gasteiger partial charge on any atom is -0.506 e. The van der Waals surface area contributed by atoms with Crippen molar-refractivity contribution in [2.45, 2.75) is 0 Å². The van der Waals surface area contributed by atoms with Crippen LogP contribution in [-0.4, -0.2) is 50.4 Å². The molecule has 0 spiro atoms. The van der Waals surface area contributed by atoms with Gasteiger partial charge in [-0.1, -0.05) is 12.1 Å². The van der Waals surface area contributed by atoms with Gasteiger partial charge in [0.05, 0.1) is 5.69 Å². The van der Waals surface area contributed by atoms with E-state index in [1.807, 2.05) is 17.0 Å². The number of fused-ring (bicyclic) bond motifs is 1. The number of aryl methyl sites for hydroxylation is 1. The third-order valence-corrected chi connectivity index (χ3v) is 4.88. The van der Waals surface area contributed by atoms with Gasteiger partial charge in [-0.3, -0.25) is 13.9 Å². The average Bonchev–Trinajstić information content (AvgIpc) is 3.11. The highest BCUT2D eigenvalue weighted by Gasteiger charge is 2.22. The second kappa shape index (κ2) is 5.94. The van der Waals surface area contributed by atoms with Crippen molar-refractivity contribution in [3.05, 3.63) is 45.1 Å².